The van der Waals surface area contributed by atoms with Gasteiger partial charge in [-0.2, -0.15) is 0 Å². The number of ether oxygens (including phenoxy) is 2. The first-order valence-corrected chi connectivity index (χ1v) is 15.6. The minimum absolute atomic E-state index is 0.0636. The van der Waals surface area contributed by atoms with E-state index in [-0.39, 0.29) is 24.2 Å². The fourth-order valence-electron chi connectivity index (χ4n) is 6.17. The number of rotatable bonds is 10. The zero-order valence-corrected chi connectivity index (χ0v) is 24.9. The third-order valence-electron chi connectivity index (χ3n) is 8.56. The summed E-state index contributed by atoms with van der Waals surface area (Å²) >= 11 is 1.53. The number of thiophene rings is 1. The van der Waals surface area contributed by atoms with E-state index in [4.69, 9.17) is 9.47 Å². The van der Waals surface area contributed by atoms with Crippen molar-refractivity contribution in [3.8, 4) is 21.9 Å². The summed E-state index contributed by atoms with van der Waals surface area (Å²) in [5.41, 5.74) is 4.48. The van der Waals surface area contributed by atoms with Crippen molar-refractivity contribution in [1.29, 1.82) is 0 Å². The number of benzene rings is 3. The first-order valence-electron chi connectivity index (χ1n) is 14.8. The first-order chi connectivity index (χ1) is 20.5. The van der Waals surface area contributed by atoms with Crippen LogP contribution in [0.4, 0.5) is 0 Å². The Morgan fingerprint density at radius 2 is 1.86 bits per heavy atom. The molecule has 0 spiro atoms. The van der Waals surface area contributed by atoms with Crippen molar-refractivity contribution in [3.05, 3.63) is 82.9 Å². The maximum Gasteiger partial charge on any atom is 0.195 e. The van der Waals surface area contributed by atoms with E-state index in [1.807, 2.05) is 24.3 Å². The van der Waals surface area contributed by atoms with Gasteiger partial charge in [-0.3, -0.25) is 14.6 Å². The van der Waals surface area contributed by atoms with Crippen molar-refractivity contribution >= 4 is 27.2 Å². The van der Waals surface area contributed by atoms with Crippen LogP contribution >= 0.6 is 11.3 Å². The van der Waals surface area contributed by atoms with E-state index in [1.54, 1.807) is 19.2 Å². The van der Waals surface area contributed by atoms with Crippen LogP contribution in [0.15, 0.2) is 60.7 Å². The van der Waals surface area contributed by atoms with Crippen molar-refractivity contribution in [2.45, 2.75) is 31.8 Å². The van der Waals surface area contributed by atoms with Gasteiger partial charge in [0, 0.05) is 63.9 Å². The molecule has 0 radical (unpaired) electrons. The number of ketones is 1. The number of hydrogen-bond acceptors (Lipinski definition) is 8. The van der Waals surface area contributed by atoms with Crippen LogP contribution in [0.1, 0.15) is 39.9 Å². The van der Waals surface area contributed by atoms with Gasteiger partial charge in [0.15, 0.2) is 5.78 Å². The predicted molar refractivity (Wildman–Crippen MR) is 167 cm³/mol. The molecule has 2 saturated heterocycles. The lowest BCUT2D eigenvalue weighted by molar-refractivity contribution is 0.0339. The molecule has 4 aromatic rings. The molecule has 2 N–H and O–H groups in total. The van der Waals surface area contributed by atoms with E-state index in [0.717, 1.165) is 91.3 Å². The normalized spacial score (nSPS) is 18.1. The van der Waals surface area contributed by atoms with E-state index in [2.05, 4.69) is 34.1 Å². The Bertz CT molecular complexity index is 1540. The Hall–Kier alpha value is -3.27. The summed E-state index contributed by atoms with van der Waals surface area (Å²) in [4.78, 5) is 19.8. The number of likely N-dealkylation sites (tertiary alicyclic amines) is 1. The van der Waals surface area contributed by atoms with Crippen molar-refractivity contribution in [2.24, 2.45) is 0 Å². The highest BCUT2D eigenvalue weighted by Gasteiger charge is 2.25. The van der Waals surface area contributed by atoms with E-state index in [9.17, 15) is 15.0 Å². The smallest absolute Gasteiger partial charge is 0.195 e. The molecular formula is C34H38N2O5S. The van der Waals surface area contributed by atoms with Gasteiger partial charge >= 0.3 is 0 Å². The number of phenols is 1. The molecule has 6 rings (SSSR count). The summed E-state index contributed by atoms with van der Waals surface area (Å²) in [5.74, 6) is 0.824. The standard InChI is InChI=1S/C34H38N2O5S/c1-40-30-19-25(8-9-26(30)21-35-15-17-41-18-16-35)33(39)32-29-11-10-28(38)20-31(29)42-34(32)24-6-4-23(5-7-24)12-14-36-13-2-3-27(36)22-37/h4-11,19-20,27,37-38H,2-3,12-18,21-22H2,1H3/t27-/m1/s1. The number of aliphatic hydroxyl groups excluding tert-OH is 1. The molecular weight excluding hydrogens is 548 g/mol. The number of phenolic OH excluding ortho intramolecular Hbond substituents is 1. The highest BCUT2D eigenvalue weighted by Crippen LogP contribution is 2.41. The van der Waals surface area contributed by atoms with Crippen molar-refractivity contribution in [2.75, 3.05) is 53.1 Å². The van der Waals surface area contributed by atoms with Gasteiger partial charge in [0.25, 0.3) is 0 Å². The number of carbonyl (C=O) groups excluding carboxylic acids is 1. The molecule has 2 fully saturated rings. The third kappa shape index (κ3) is 6.09. The molecule has 1 atom stereocenters. The number of nitrogens with zero attached hydrogens (tertiary/aromatic N) is 2. The second-order valence-corrected chi connectivity index (χ2v) is 12.2. The minimum atomic E-state index is -0.0636. The van der Waals surface area contributed by atoms with Crippen LogP contribution in [0.5, 0.6) is 11.5 Å². The third-order valence-corrected chi connectivity index (χ3v) is 9.76. The molecule has 2 aliphatic heterocycles. The zero-order chi connectivity index (χ0) is 29.1. The Labute approximate surface area is 250 Å². The molecule has 7 nitrogen and oxygen atoms in total. The van der Waals surface area contributed by atoms with E-state index in [0.29, 0.717) is 16.9 Å². The van der Waals surface area contributed by atoms with Gasteiger partial charge in [0.05, 0.1) is 26.9 Å². The first kappa shape index (κ1) is 28.8. The zero-order valence-electron chi connectivity index (χ0n) is 24.1. The molecule has 1 aromatic heterocycles. The van der Waals surface area contributed by atoms with Crippen LogP contribution in [0.2, 0.25) is 0 Å². The molecule has 3 heterocycles. The average molecular weight is 587 g/mol. The van der Waals surface area contributed by atoms with Crippen LogP contribution in [-0.4, -0.2) is 84.9 Å². The van der Waals surface area contributed by atoms with Crippen LogP contribution in [0.25, 0.3) is 20.5 Å². The summed E-state index contributed by atoms with van der Waals surface area (Å²) in [6.45, 7) is 6.15. The van der Waals surface area contributed by atoms with Crippen LogP contribution in [0.3, 0.4) is 0 Å². The van der Waals surface area contributed by atoms with Gasteiger partial charge in [0.2, 0.25) is 0 Å². The lowest BCUT2D eigenvalue weighted by Crippen LogP contribution is -2.35. The van der Waals surface area contributed by atoms with Gasteiger partial charge in [-0.25, -0.2) is 0 Å². The highest BCUT2D eigenvalue weighted by molar-refractivity contribution is 7.22. The molecule has 0 bridgehead atoms. The molecule has 0 aliphatic carbocycles. The quantitative estimate of drug-likeness (QED) is 0.243. The van der Waals surface area contributed by atoms with E-state index < -0.39 is 0 Å². The summed E-state index contributed by atoms with van der Waals surface area (Å²) in [5, 5.41) is 20.7. The van der Waals surface area contributed by atoms with Gasteiger partial charge in [-0.1, -0.05) is 36.4 Å². The number of methoxy groups -OCH3 is 1. The summed E-state index contributed by atoms with van der Waals surface area (Å²) < 4.78 is 12.1. The minimum Gasteiger partial charge on any atom is -0.508 e. The second-order valence-electron chi connectivity index (χ2n) is 11.2. The van der Waals surface area contributed by atoms with Crippen LogP contribution in [0, 0.1) is 0 Å². The van der Waals surface area contributed by atoms with Gasteiger partial charge in [-0.05, 0) is 61.2 Å². The summed E-state index contributed by atoms with van der Waals surface area (Å²) in [6.07, 6.45) is 3.13. The SMILES string of the molecule is COc1cc(C(=O)c2c(-c3ccc(CCN4CCC[C@@H]4CO)cc3)sc3cc(O)ccc23)ccc1CN1CCOCC1. The average Bonchev–Trinajstić information content (AvgIpc) is 3.64. The lowest BCUT2D eigenvalue weighted by Gasteiger charge is -2.27. The molecule has 8 heteroatoms. The number of aliphatic hydroxyl groups is 1. The fraction of sp³-hybridized carbons (Fsp3) is 0.382. The summed E-state index contributed by atoms with van der Waals surface area (Å²) in [6, 6.07) is 19.7. The van der Waals surface area contributed by atoms with Crippen molar-refractivity contribution in [1.82, 2.24) is 9.80 Å². The largest absolute Gasteiger partial charge is 0.508 e. The van der Waals surface area contributed by atoms with Gasteiger partial charge < -0.3 is 19.7 Å². The molecule has 2 aliphatic rings. The van der Waals surface area contributed by atoms with Gasteiger partial charge in [-0.15, -0.1) is 11.3 Å². The maximum atomic E-state index is 14.2. The molecule has 42 heavy (non-hydrogen) atoms. The Balaban J connectivity index is 1.29. The molecule has 3 aromatic carbocycles. The topological polar surface area (TPSA) is 82.5 Å². The number of aromatic hydroxyl groups is 1. The number of morpholine rings is 1. The Kier molecular flexibility index (Phi) is 8.88. The number of hydrogen-bond donors (Lipinski definition) is 2. The second kappa shape index (κ2) is 12.9. The van der Waals surface area contributed by atoms with E-state index >= 15 is 0 Å². The highest BCUT2D eigenvalue weighted by atomic mass is 32.1. The molecule has 0 unspecified atom stereocenters. The Morgan fingerprint density at radius 3 is 2.62 bits per heavy atom. The monoisotopic (exact) mass is 586 g/mol. The number of carbonyl (C=O) groups is 1. The lowest BCUT2D eigenvalue weighted by atomic mass is 9.96. The number of fused-ring (bicyclic) bond motifs is 1. The Morgan fingerprint density at radius 1 is 1.05 bits per heavy atom. The predicted octanol–water partition coefficient (Wildman–Crippen LogP) is 5.34. The van der Waals surface area contributed by atoms with Crippen molar-refractivity contribution in [3.63, 3.8) is 0 Å². The van der Waals surface area contributed by atoms with Crippen LogP contribution in [-0.2, 0) is 17.7 Å². The maximum absolute atomic E-state index is 14.2. The molecule has 0 amide bonds. The van der Waals surface area contributed by atoms with Crippen molar-refractivity contribution < 1.29 is 24.5 Å². The van der Waals surface area contributed by atoms with E-state index in [1.165, 1.54) is 16.9 Å². The van der Waals surface area contributed by atoms with Gasteiger partial charge in [0.1, 0.15) is 11.5 Å². The molecule has 0 saturated carbocycles. The fourth-order valence-corrected chi connectivity index (χ4v) is 7.41. The summed E-state index contributed by atoms with van der Waals surface area (Å²) in [7, 11) is 1.65. The van der Waals surface area contributed by atoms with Crippen LogP contribution < -0.4 is 4.74 Å². The molecule has 220 valence electrons.